The maximum absolute atomic E-state index is 9.00. The smallest absolute Gasteiger partial charge is 0.199 e. The van der Waals surface area contributed by atoms with Crippen molar-refractivity contribution >= 4 is 27.6 Å². The number of amidine groups is 1. The van der Waals surface area contributed by atoms with E-state index in [0.29, 0.717) is 6.54 Å². The number of nitrogens with zero attached hydrogens (tertiary/aromatic N) is 3. The van der Waals surface area contributed by atoms with E-state index in [1.54, 1.807) is 0 Å². The third-order valence-corrected chi connectivity index (χ3v) is 2.65. The molecule has 0 radical (unpaired) electrons. The summed E-state index contributed by atoms with van der Waals surface area (Å²) in [4.78, 5) is 4.15. The Hall–Kier alpha value is -1.93. The fourth-order valence-corrected chi connectivity index (χ4v) is 1.78. The maximum Gasteiger partial charge on any atom is 0.199 e. The Morgan fingerprint density at radius 2 is 2.33 bits per heavy atom. The Labute approximate surface area is 111 Å². The van der Waals surface area contributed by atoms with Gasteiger partial charge < -0.3 is 5.73 Å². The molecule has 94 valence electrons. The summed E-state index contributed by atoms with van der Waals surface area (Å²) < 4.78 is 5.39. The number of hydrogen-bond donors (Lipinski definition) is 3. The van der Waals surface area contributed by atoms with Crippen LogP contribution in [0.5, 0.6) is 0 Å². The number of nitrogens with two attached hydrogens (primary N) is 1. The van der Waals surface area contributed by atoms with Gasteiger partial charge in [-0.15, -0.1) is 0 Å². The number of aliphatic imine (C=N–C) groups is 1. The minimum atomic E-state index is 0.0598. The van der Waals surface area contributed by atoms with Gasteiger partial charge in [0.05, 0.1) is 6.54 Å². The molecule has 8 heteroatoms. The van der Waals surface area contributed by atoms with Crippen LogP contribution in [0.4, 0.5) is 5.82 Å². The number of halogens is 1. The molecule has 0 fully saturated rings. The molecule has 18 heavy (non-hydrogen) atoms. The Balaban J connectivity index is 2.19. The molecule has 0 saturated carbocycles. The molecule has 0 aliphatic carbocycles. The first-order valence-electron chi connectivity index (χ1n) is 4.98. The lowest BCUT2D eigenvalue weighted by atomic mass is 10.2. The summed E-state index contributed by atoms with van der Waals surface area (Å²) in [5, 5.41) is 15.9. The Morgan fingerprint density at radius 1 is 1.50 bits per heavy atom. The van der Waals surface area contributed by atoms with E-state index in [-0.39, 0.29) is 17.3 Å². The first-order valence-corrected chi connectivity index (χ1v) is 5.77. The number of hydrogen-bond acceptors (Lipinski definition) is 6. The second-order valence-electron chi connectivity index (χ2n) is 3.40. The lowest BCUT2D eigenvalue weighted by Gasteiger charge is -2.02. The summed E-state index contributed by atoms with van der Waals surface area (Å²) in [6.07, 6.45) is 0. The van der Waals surface area contributed by atoms with Crippen molar-refractivity contribution in [3.63, 3.8) is 0 Å². The summed E-state index contributed by atoms with van der Waals surface area (Å²) in [6, 6.07) is 7.64. The van der Waals surface area contributed by atoms with Gasteiger partial charge in [-0.05, 0) is 28.0 Å². The molecular weight excluding hydrogens is 302 g/mol. The van der Waals surface area contributed by atoms with Crippen LogP contribution in [0.3, 0.4) is 0 Å². The van der Waals surface area contributed by atoms with E-state index < -0.39 is 0 Å². The number of aromatic nitrogens is 2. The average molecular weight is 312 g/mol. The van der Waals surface area contributed by atoms with Crippen LogP contribution in [0, 0.1) is 0 Å². The van der Waals surface area contributed by atoms with Crippen molar-refractivity contribution in [3.8, 4) is 0 Å². The fraction of sp³-hybridized carbons (Fsp3) is 0.100. The third-order valence-electron chi connectivity index (χ3n) is 2.15. The second-order valence-corrected chi connectivity index (χ2v) is 4.32. The van der Waals surface area contributed by atoms with E-state index in [0.717, 1.165) is 10.0 Å². The van der Waals surface area contributed by atoms with Crippen molar-refractivity contribution in [3.05, 3.63) is 40.0 Å². The number of rotatable bonds is 3. The van der Waals surface area contributed by atoms with Crippen LogP contribution in [-0.4, -0.2) is 21.4 Å². The van der Waals surface area contributed by atoms with Crippen molar-refractivity contribution in [2.24, 2.45) is 4.99 Å². The van der Waals surface area contributed by atoms with Crippen LogP contribution in [0.2, 0.25) is 0 Å². The van der Waals surface area contributed by atoms with Crippen LogP contribution in [0.1, 0.15) is 11.3 Å². The highest BCUT2D eigenvalue weighted by atomic mass is 79.9. The number of anilines is 1. The monoisotopic (exact) mass is 311 g/mol. The lowest BCUT2D eigenvalue weighted by Crippen LogP contribution is -2.22. The molecule has 0 aliphatic rings. The van der Waals surface area contributed by atoms with E-state index >= 15 is 0 Å². The van der Waals surface area contributed by atoms with Crippen molar-refractivity contribution in [2.75, 3.05) is 5.73 Å². The molecule has 0 atom stereocenters. The van der Waals surface area contributed by atoms with E-state index in [1.807, 2.05) is 29.7 Å². The third kappa shape index (κ3) is 2.84. The van der Waals surface area contributed by atoms with Crippen molar-refractivity contribution in [1.82, 2.24) is 15.8 Å². The Kier molecular flexibility index (Phi) is 3.90. The molecule has 0 spiro atoms. The van der Waals surface area contributed by atoms with Crippen LogP contribution in [0.25, 0.3) is 0 Å². The molecule has 1 aromatic carbocycles. The molecule has 2 aromatic rings. The lowest BCUT2D eigenvalue weighted by molar-refractivity contribution is 0.233. The van der Waals surface area contributed by atoms with Crippen molar-refractivity contribution < 1.29 is 9.84 Å². The molecule has 2 rings (SSSR count). The molecule has 0 bridgehead atoms. The quantitative estimate of drug-likeness (QED) is 0.448. The fourth-order valence-electron chi connectivity index (χ4n) is 1.33. The van der Waals surface area contributed by atoms with Gasteiger partial charge in [-0.1, -0.05) is 28.1 Å². The zero-order valence-corrected chi connectivity index (χ0v) is 10.8. The van der Waals surface area contributed by atoms with Crippen molar-refractivity contribution in [2.45, 2.75) is 6.54 Å². The topological polar surface area (TPSA) is 110 Å². The Bertz CT molecular complexity index is 569. The highest BCUT2D eigenvalue weighted by Gasteiger charge is 2.12. The van der Waals surface area contributed by atoms with E-state index in [4.69, 9.17) is 10.9 Å². The van der Waals surface area contributed by atoms with Gasteiger partial charge in [0.2, 0.25) is 0 Å². The van der Waals surface area contributed by atoms with Crippen molar-refractivity contribution in [1.29, 1.82) is 0 Å². The minimum Gasteiger partial charge on any atom is -0.379 e. The minimum absolute atomic E-state index is 0.0598. The van der Waals surface area contributed by atoms with Crippen LogP contribution < -0.4 is 11.2 Å². The summed E-state index contributed by atoms with van der Waals surface area (Å²) in [7, 11) is 0. The zero-order valence-electron chi connectivity index (χ0n) is 9.17. The largest absolute Gasteiger partial charge is 0.379 e. The summed E-state index contributed by atoms with van der Waals surface area (Å²) >= 11 is 3.37. The molecule has 7 nitrogen and oxygen atoms in total. The van der Waals surface area contributed by atoms with Gasteiger partial charge in [0.15, 0.2) is 17.3 Å². The van der Waals surface area contributed by atoms with Gasteiger partial charge in [0.1, 0.15) is 0 Å². The van der Waals surface area contributed by atoms with Gasteiger partial charge in [-0.3, -0.25) is 15.7 Å². The Morgan fingerprint density at radius 3 is 2.94 bits per heavy atom. The highest BCUT2D eigenvalue weighted by molar-refractivity contribution is 9.10. The van der Waals surface area contributed by atoms with Crippen LogP contribution in [-0.2, 0) is 6.54 Å². The molecule has 0 saturated heterocycles. The second kappa shape index (κ2) is 5.61. The predicted molar refractivity (Wildman–Crippen MR) is 68.0 cm³/mol. The van der Waals surface area contributed by atoms with Gasteiger partial charge >= 0.3 is 0 Å². The van der Waals surface area contributed by atoms with Crippen LogP contribution >= 0.6 is 15.9 Å². The number of benzene rings is 1. The highest BCUT2D eigenvalue weighted by Crippen LogP contribution is 2.13. The number of hydroxylamine groups is 1. The van der Waals surface area contributed by atoms with Gasteiger partial charge in [-0.25, -0.2) is 4.63 Å². The molecular formula is C10H10BrN5O2. The maximum atomic E-state index is 9.00. The first-order chi connectivity index (χ1) is 8.70. The normalized spacial score (nSPS) is 11.6. The van der Waals surface area contributed by atoms with E-state index in [1.165, 1.54) is 0 Å². The van der Waals surface area contributed by atoms with Gasteiger partial charge in [0.25, 0.3) is 0 Å². The predicted octanol–water partition coefficient (Wildman–Crippen LogP) is 1.34. The molecule has 0 unspecified atom stereocenters. The molecule has 4 N–H and O–H groups in total. The van der Waals surface area contributed by atoms with Gasteiger partial charge in [-0.2, -0.15) is 0 Å². The first kappa shape index (κ1) is 12.5. The zero-order chi connectivity index (χ0) is 13.0. The average Bonchev–Trinajstić information content (AvgIpc) is 2.77. The molecule has 0 aliphatic heterocycles. The standard InChI is InChI=1S/C10H10BrN5O2/c11-7-3-1-2-6(4-7)5-13-10(14-17)8-9(12)16-18-15-8/h1-4,17H,5H2,(H2,12,16)(H,13,14). The molecule has 1 aromatic heterocycles. The van der Waals surface area contributed by atoms with Gasteiger partial charge in [0, 0.05) is 4.47 Å². The summed E-state index contributed by atoms with van der Waals surface area (Å²) in [6.45, 7) is 0.356. The molecule has 1 heterocycles. The molecule has 0 amide bonds. The number of nitrogen functional groups attached to an aromatic ring is 1. The SMILES string of the molecule is Nc1nonc1C(=NCc1cccc(Br)c1)NO. The summed E-state index contributed by atoms with van der Waals surface area (Å²) in [5.74, 6) is 0.165. The van der Waals surface area contributed by atoms with E-state index in [9.17, 15) is 0 Å². The van der Waals surface area contributed by atoms with Crippen LogP contribution in [0.15, 0.2) is 38.4 Å². The van der Waals surface area contributed by atoms with E-state index in [2.05, 4.69) is 35.9 Å². The number of nitrogens with one attached hydrogen (secondary N) is 1. The summed E-state index contributed by atoms with van der Waals surface area (Å²) in [5.41, 5.74) is 8.57.